The number of aromatic nitrogens is 1. The van der Waals surface area contributed by atoms with Gasteiger partial charge in [0.15, 0.2) is 5.13 Å². The van der Waals surface area contributed by atoms with Gasteiger partial charge in [0, 0.05) is 5.38 Å². The van der Waals surface area contributed by atoms with E-state index in [4.69, 9.17) is 5.73 Å². The second kappa shape index (κ2) is 5.06. The zero-order chi connectivity index (χ0) is 14.2. The van der Waals surface area contributed by atoms with Gasteiger partial charge in [-0.05, 0) is 35.0 Å². The van der Waals surface area contributed by atoms with E-state index in [-0.39, 0.29) is 20.2 Å². The summed E-state index contributed by atoms with van der Waals surface area (Å²) in [6.07, 6.45) is 0. The van der Waals surface area contributed by atoms with Crippen LogP contribution in [-0.4, -0.2) is 13.4 Å². The second-order valence-electron chi connectivity index (χ2n) is 3.70. The van der Waals surface area contributed by atoms with Crippen LogP contribution in [-0.2, 0) is 10.0 Å². The van der Waals surface area contributed by atoms with E-state index >= 15 is 0 Å². The van der Waals surface area contributed by atoms with Crippen molar-refractivity contribution in [1.82, 2.24) is 4.98 Å². The molecule has 0 aliphatic carbocycles. The lowest BCUT2D eigenvalue weighted by Crippen LogP contribution is -2.15. The predicted molar refractivity (Wildman–Crippen MR) is 76.2 cm³/mol. The number of hydrogen-bond acceptors (Lipinski definition) is 5. The number of nitrogens with two attached hydrogens (primary N) is 1. The molecule has 2 rings (SSSR count). The minimum Gasteiger partial charge on any atom is -0.398 e. The molecule has 0 unspecified atom stereocenters. The summed E-state index contributed by atoms with van der Waals surface area (Å²) in [7, 11) is -3.89. The van der Waals surface area contributed by atoms with Crippen LogP contribution in [0.4, 0.5) is 15.2 Å². The summed E-state index contributed by atoms with van der Waals surface area (Å²) in [4.78, 5) is 3.79. The van der Waals surface area contributed by atoms with E-state index in [2.05, 4.69) is 25.6 Å². The third-order valence-corrected chi connectivity index (χ3v) is 5.19. The molecule has 0 atom stereocenters. The van der Waals surface area contributed by atoms with Gasteiger partial charge >= 0.3 is 0 Å². The quantitative estimate of drug-likeness (QED) is 0.818. The van der Waals surface area contributed by atoms with Crippen LogP contribution in [0.15, 0.2) is 26.9 Å². The first-order valence-electron chi connectivity index (χ1n) is 4.99. The van der Waals surface area contributed by atoms with Crippen molar-refractivity contribution in [1.29, 1.82) is 0 Å². The number of sulfonamides is 1. The summed E-state index contributed by atoms with van der Waals surface area (Å²) in [6.45, 7) is 1.75. The number of benzene rings is 1. The maximum atomic E-state index is 13.2. The van der Waals surface area contributed by atoms with E-state index < -0.39 is 15.8 Å². The normalized spacial score (nSPS) is 11.5. The number of aryl methyl sites for hydroxylation is 1. The first kappa shape index (κ1) is 14.2. The van der Waals surface area contributed by atoms with Gasteiger partial charge in [0.05, 0.1) is 15.9 Å². The van der Waals surface area contributed by atoms with E-state index in [9.17, 15) is 12.8 Å². The maximum absolute atomic E-state index is 13.2. The molecule has 0 saturated heterocycles. The number of nitrogen functional groups attached to an aromatic ring is 1. The van der Waals surface area contributed by atoms with Crippen molar-refractivity contribution in [2.45, 2.75) is 11.8 Å². The van der Waals surface area contributed by atoms with Crippen LogP contribution in [0.25, 0.3) is 0 Å². The highest BCUT2D eigenvalue weighted by Gasteiger charge is 2.21. The van der Waals surface area contributed by atoms with Crippen molar-refractivity contribution in [3.8, 4) is 0 Å². The minimum atomic E-state index is -3.89. The van der Waals surface area contributed by atoms with Gasteiger partial charge in [-0.3, -0.25) is 4.72 Å². The largest absolute Gasteiger partial charge is 0.398 e. The number of halogens is 2. The third-order valence-electron chi connectivity index (χ3n) is 2.18. The van der Waals surface area contributed by atoms with Crippen molar-refractivity contribution in [2.75, 3.05) is 10.5 Å². The molecular formula is C10H9BrFN3O2S2. The average Bonchev–Trinajstić information content (AvgIpc) is 2.68. The molecular weight excluding hydrogens is 357 g/mol. The highest BCUT2D eigenvalue weighted by atomic mass is 79.9. The second-order valence-corrected chi connectivity index (χ2v) is 7.07. The molecule has 19 heavy (non-hydrogen) atoms. The van der Waals surface area contributed by atoms with Crippen molar-refractivity contribution in [2.24, 2.45) is 0 Å². The molecule has 0 spiro atoms. The van der Waals surface area contributed by atoms with Gasteiger partial charge in [-0.25, -0.2) is 17.8 Å². The Hall–Kier alpha value is -1.19. The van der Waals surface area contributed by atoms with E-state index in [1.807, 2.05) is 0 Å². The summed E-state index contributed by atoms with van der Waals surface area (Å²) in [6, 6.07) is 2.07. The Morgan fingerprint density at radius 2 is 2.16 bits per heavy atom. The summed E-state index contributed by atoms with van der Waals surface area (Å²) < 4.78 is 39.8. The summed E-state index contributed by atoms with van der Waals surface area (Å²) in [5.41, 5.74) is 6.08. The highest BCUT2D eigenvalue weighted by molar-refractivity contribution is 9.10. The Labute approximate surface area is 121 Å². The van der Waals surface area contributed by atoms with Gasteiger partial charge in [0.1, 0.15) is 10.7 Å². The van der Waals surface area contributed by atoms with Gasteiger partial charge in [-0.1, -0.05) is 0 Å². The molecule has 1 aromatic carbocycles. The molecule has 9 heteroatoms. The van der Waals surface area contributed by atoms with Crippen LogP contribution < -0.4 is 10.5 Å². The number of hydrogen-bond donors (Lipinski definition) is 2. The zero-order valence-electron chi connectivity index (χ0n) is 9.65. The SMILES string of the molecule is Cc1csc(NS(=O)(=O)c2cc(Br)c(F)cc2N)n1. The fourth-order valence-electron chi connectivity index (χ4n) is 1.35. The maximum Gasteiger partial charge on any atom is 0.265 e. The van der Waals surface area contributed by atoms with Crippen molar-refractivity contribution < 1.29 is 12.8 Å². The Kier molecular flexibility index (Phi) is 3.79. The van der Waals surface area contributed by atoms with Crippen LogP contribution in [0.3, 0.4) is 0 Å². The number of rotatable bonds is 3. The first-order chi connectivity index (χ1) is 8.79. The first-order valence-corrected chi connectivity index (χ1v) is 8.14. The lowest BCUT2D eigenvalue weighted by molar-refractivity contribution is 0.599. The van der Waals surface area contributed by atoms with Crippen molar-refractivity contribution in [3.63, 3.8) is 0 Å². The minimum absolute atomic E-state index is 0.0254. The number of thiazole rings is 1. The molecule has 0 saturated carbocycles. The van der Waals surface area contributed by atoms with Crippen molar-refractivity contribution in [3.05, 3.63) is 33.5 Å². The highest BCUT2D eigenvalue weighted by Crippen LogP contribution is 2.28. The van der Waals surface area contributed by atoms with E-state index in [1.165, 1.54) is 0 Å². The molecule has 0 amide bonds. The van der Waals surface area contributed by atoms with Crippen LogP contribution in [0.5, 0.6) is 0 Å². The molecule has 1 aromatic heterocycles. The molecule has 0 bridgehead atoms. The standard InChI is InChI=1S/C10H9BrFN3O2S2/c1-5-4-18-10(14-5)15-19(16,17)9-2-6(11)7(12)3-8(9)13/h2-4H,13H2,1H3,(H,14,15). The van der Waals surface area contributed by atoms with Crippen LogP contribution in [0.1, 0.15) is 5.69 Å². The van der Waals surface area contributed by atoms with Gasteiger partial charge in [0.2, 0.25) is 0 Å². The monoisotopic (exact) mass is 365 g/mol. The molecule has 0 radical (unpaired) electrons. The predicted octanol–water partition coefficient (Wildman–Crippen LogP) is 2.74. The smallest absolute Gasteiger partial charge is 0.265 e. The Balaban J connectivity index is 2.42. The Morgan fingerprint density at radius 1 is 1.47 bits per heavy atom. The van der Waals surface area contributed by atoms with Gasteiger partial charge in [-0.2, -0.15) is 0 Å². The fourth-order valence-corrected chi connectivity index (χ4v) is 3.92. The molecule has 102 valence electrons. The molecule has 0 aliphatic heterocycles. The molecule has 3 N–H and O–H groups in total. The van der Waals surface area contributed by atoms with Crippen LogP contribution in [0.2, 0.25) is 0 Å². The average molecular weight is 366 g/mol. The van der Waals surface area contributed by atoms with Crippen LogP contribution >= 0.6 is 27.3 Å². The Morgan fingerprint density at radius 3 is 2.74 bits per heavy atom. The molecule has 1 heterocycles. The molecule has 0 aliphatic rings. The molecule has 0 fully saturated rings. The number of nitrogens with zero attached hydrogens (tertiary/aromatic N) is 1. The lowest BCUT2D eigenvalue weighted by atomic mass is 10.3. The lowest BCUT2D eigenvalue weighted by Gasteiger charge is -2.09. The van der Waals surface area contributed by atoms with Gasteiger partial charge in [-0.15, -0.1) is 11.3 Å². The van der Waals surface area contributed by atoms with E-state index in [0.29, 0.717) is 5.69 Å². The molecule has 5 nitrogen and oxygen atoms in total. The Bertz CT molecular complexity index is 730. The van der Waals surface area contributed by atoms with Gasteiger partial charge < -0.3 is 5.73 Å². The van der Waals surface area contributed by atoms with Crippen molar-refractivity contribution >= 4 is 48.1 Å². The van der Waals surface area contributed by atoms with E-state index in [0.717, 1.165) is 23.5 Å². The fraction of sp³-hybridized carbons (Fsp3) is 0.100. The zero-order valence-corrected chi connectivity index (χ0v) is 12.9. The van der Waals surface area contributed by atoms with E-state index in [1.54, 1.807) is 12.3 Å². The third kappa shape index (κ3) is 3.04. The summed E-state index contributed by atoms with van der Waals surface area (Å²) in [5.74, 6) is -0.624. The summed E-state index contributed by atoms with van der Waals surface area (Å²) in [5, 5.41) is 1.94. The summed E-state index contributed by atoms with van der Waals surface area (Å²) >= 11 is 4.08. The number of anilines is 2. The van der Waals surface area contributed by atoms with Crippen LogP contribution in [0, 0.1) is 12.7 Å². The topological polar surface area (TPSA) is 85.1 Å². The molecule has 2 aromatic rings. The number of nitrogens with one attached hydrogen (secondary N) is 1. The van der Waals surface area contributed by atoms with Gasteiger partial charge in [0.25, 0.3) is 10.0 Å².